The molecule has 2 fully saturated rings. The molecular weight excluding hydrogens is 350 g/mol. The number of nitrogens with zero attached hydrogens (tertiary/aromatic N) is 2. The molecule has 152 valence electrons. The highest BCUT2D eigenvalue weighted by Crippen LogP contribution is 2.25. The molecule has 6 nitrogen and oxygen atoms in total. The highest BCUT2D eigenvalue weighted by atomic mass is 16.3. The van der Waals surface area contributed by atoms with Crippen LogP contribution in [0, 0.1) is 17.7 Å². The van der Waals surface area contributed by atoms with Gasteiger partial charge in [-0.2, -0.15) is 0 Å². The third-order valence-electron chi connectivity index (χ3n) is 5.73. The van der Waals surface area contributed by atoms with Gasteiger partial charge in [-0.3, -0.25) is 0 Å². The van der Waals surface area contributed by atoms with E-state index in [-0.39, 0.29) is 6.04 Å². The number of aryl methyl sites for hydroxylation is 1. The molecule has 0 bridgehead atoms. The van der Waals surface area contributed by atoms with E-state index in [9.17, 15) is 5.11 Å². The molecule has 1 aliphatic carbocycles. The first-order valence-electron chi connectivity index (χ1n) is 10.4. The van der Waals surface area contributed by atoms with E-state index in [4.69, 9.17) is 10.8 Å². The number of piperidine rings is 1. The second-order valence-corrected chi connectivity index (χ2v) is 8.22. The lowest BCUT2D eigenvalue weighted by atomic mass is 9.92. The first kappa shape index (κ1) is 20.7. The number of hydrogen-bond donors (Lipinski definition) is 4. The lowest BCUT2D eigenvalue weighted by molar-refractivity contribution is 0.103. The van der Waals surface area contributed by atoms with Crippen molar-refractivity contribution in [3.05, 3.63) is 35.5 Å². The maximum atomic E-state index is 10.8. The lowest BCUT2D eigenvalue weighted by Crippen LogP contribution is -2.55. The molecule has 1 aliphatic heterocycles. The van der Waals surface area contributed by atoms with Crippen molar-refractivity contribution in [3.8, 4) is 0 Å². The fraction of sp³-hybridized carbons (Fsp3) is 0.591. The van der Waals surface area contributed by atoms with Gasteiger partial charge in [-0.1, -0.05) is 19.3 Å². The van der Waals surface area contributed by atoms with E-state index in [0.29, 0.717) is 24.0 Å². The van der Waals surface area contributed by atoms with Gasteiger partial charge in [0.15, 0.2) is 0 Å². The van der Waals surface area contributed by atoms with Crippen molar-refractivity contribution in [3.63, 3.8) is 0 Å². The van der Waals surface area contributed by atoms with Gasteiger partial charge in [0.1, 0.15) is 5.82 Å². The van der Waals surface area contributed by atoms with Gasteiger partial charge in [0.05, 0.1) is 11.8 Å². The average Bonchev–Trinajstić information content (AvgIpc) is 2.68. The summed E-state index contributed by atoms with van der Waals surface area (Å²) in [6.07, 6.45) is 11.9. The fourth-order valence-corrected chi connectivity index (χ4v) is 4.20. The quantitative estimate of drug-likeness (QED) is 0.567. The Bertz CT molecular complexity index is 738. The summed E-state index contributed by atoms with van der Waals surface area (Å²) in [5, 5.41) is 30.4. The summed E-state index contributed by atoms with van der Waals surface area (Å²) < 4.78 is 0. The van der Waals surface area contributed by atoms with Crippen molar-refractivity contribution in [2.24, 2.45) is 0 Å². The Morgan fingerprint density at radius 2 is 1.96 bits per heavy atom. The molecule has 1 saturated carbocycles. The van der Waals surface area contributed by atoms with Crippen molar-refractivity contribution in [1.82, 2.24) is 10.3 Å². The van der Waals surface area contributed by atoms with Crippen molar-refractivity contribution >= 4 is 17.2 Å². The molecule has 0 spiro atoms. The monoisotopic (exact) mass is 383 g/mol. The Morgan fingerprint density at radius 3 is 2.64 bits per heavy atom. The molecule has 3 rings (SSSR count). The van der Waals surface area contributed by atoms with Gasteiger partial charge in [0.2, 0.25) is 0 Å². The summed E-state index contributed by atoms with van der Waals surface area (Å²) in [6.45, 7) is 4.99. The summed E-state index contributed by atoms with van der Waals surface area (Å²) in [5.41, 5.74) is 2.51. The van der Waals surface area contributed by atoms with Crippen LogP contribution in [0.5, 0.6) is 0 Å². The SMILES string of the molecule is CC(=N)/C=C\C(=N)c1cc(C)cnc1N1CC[C@@H](NC2CCCCC2)[C@H](O)C1. The van der Waals surface area contributed by atoms with E-state index in [1.807, 2.05) is 19.2 Å². The van der Waals surface area contributed by atoms with Crippen LogP contribution in [0.4, 0.5) is 5.82 Å². The summed E-state index contributed by atoms with van der Waals surface area (Å²) in [6, 6.07) is 2.64. The number of aliphatic hydroxyl groups is 1. The molecule has 6 heteroatoms. The number of rotatable bonds is 6. The Labute approximate surface area is 168 Å². The minimum absolute atomic E-state index is 0.133. The number of allylic oxidation sites excluding steroid dienone is 2. The third kappa shape index (κ3) is 5.26. The van der Waals surface area contributed by atoms with Gasteiger partial charge < -0.3 is 26.1 Å². The van der Waals surface area contributed by atoms with Gasteiger partial charge in [0.25, 0.3) is 0 Å². The smallest absolute Gasteiger partial charge is 0.138 e. The van der Waals surface area contributed by atoms with Gasteiger partial charge in [0, 0.05) is 42.6 Å². The van der Waals surface area contributed by atoms with Gasteiger partial charge in [-0.05, 0) is 56.9 Å². The Balaban J connectivity index is 1.70. The van der Waals surface area contributed by atoms with Crippen LogP contribution in [0.3, 0.4) is 0 Å². The first-order valence-corrected chi connectivity index (χ1v) is 10.4. The zero-order chi connectivity index (χ0) is 20.1. The van der Waals surface area contributed by atoms with Crippen LogP contribution in [0.15, 0.2) is 24.4 Å². The number of β-amino-alcohol motifs (C(OH)–C–C–N with tert-alkyl or cyclic N) is 1. The lowest BCUT2D eigenvalue weighted by Gasteiger charge is -2.40. The third-order valence-corrected chi connectivity index (χ3v) is 5.73. The number of hydrogen-bond acceptors (Lipinski definition) is 6. The summed E-state index contributed by atoms with van der Waals surface area (Å²) in [4.78, 5) is 6.69. The van der Waals surface area contributed by atoms with Gasteiger partial charge in [-0.15, -0.1) is 0 Å². The molecule has 1 saturated heterocycles. The van der Waals surface area contributed by atoms with E-state index < -0.39 is 6.10 Å². The van der Waals surface area contributed by atoms with Gasteiger partial charge in [-0.25, -0.2) is 4.98 Å². The molecule has 0 unspecified atom stereocenters. The summed E-state index contributed by atoms with van der Waals surface area (Å²) in [7, 11) is 0. The molecule has 1 aromatic heterocycles. The summed E-state index contributed by atoms with van der Waals surface area (Å²) in [5.74, 6) is 0.748. The van der Waals surface area contributed by atoms with Crippen molar-refractivity contribution in [2.75, 3.05) is 18.0 Å². The molecule has 28 heavy (non-hydrogen) atoms. The minimum atomic E-state index is -0.444. The second-order valence-electron chi connectivity index (χ2n) is 8.22. The standard InChI is InChI=1S/C22H33N5O/c1-15-12-18(19(24)9-8-16(2)23)22(25-13-15)27-11-10-20(21(28)14-27)26-17-6-4-3-5-7-17/h8-9,12-13,17,20-21,23-24,26,28H,3-7,10-11,14H2,1-2H3/b9-8-,23-16?,24-19?/t20-,21-/m1/s1. The van der Waals surface area contributed by atoms with Crippen LogP contribution in [0.25, 0.3) is 0 Å². The van der Waals surface area contributed by atoms with E-state index in [2.05, 4.69) is 15.2 Å². The Morgan fingerprint density at radius 1 is 1.21 bits per heavy atom. The normalized spacial score (nSPS) is 23.9. The van der Waals surface area contributed by atoms with Crippen LogP contribution in [0.1, 0.15) is 56.6 Å². The molecule has 4 N–H and O–H groups in total. The number of anilines is 1. The van der Waals surface area contributed by atoms with Crippen molar-refractivity contribution in [1.29, 1.82) is 10.8 Å². The van der Waals surface area contributed by atoms with Crippen molar-refractivity contribution in [2.45, 2.75) is 70.6 Å². The molecule has 2 atom stereocenters. The van der Waals surface area contributed by atoms with Crippen LogP contribution >= 0.6 is 0 Å². The number of aliphatic hydroxyl groups excluding tert-OH is 1. The number of pyridine rings is 1. The number of aromatic nitrogens is 1. The molecule has 0 radical (unpaired) electrons. The number of nitrogens with one attached hydrogen (secondary N) is 3. The summed E-state index contributed by atoms with van der Waals surface area (Å²) >= 11 is 0. The Kier molecular flexibility index (Phi) is 6.97. The zero-order valence-corrected chi connectivity index (χ0v) is 17.0. The molecule has 1 aromatic rings. The maximum absolute atomic E-state index is 10.8. The fourth-order valence-electron chi connectivity index (χ4n) is 4.20. The van der Waals surface area contributed by atoms with E-state index in [1.54, 1.807) is 19.1 Å². The largest absolute Gasteiger partial charge is 0.390 e. The van der Waals surface area contributed by atoms with Crippen molar-refractivity contribution < 1.29 is 5.11 Å². The average molecular weight is 384 g/mol. The zero-order valence-electron chi connectivity index (χ0n) is 17.0. The molecule has 2 heterocycles. The Hall–Kier alpha value is -2.05. The highest BCUT2D eigenvalue weighted by molar-refractivity contribution is 6.12. The van der Waals surface area contributed by atoms with E-state index >= 15 is 0 Å². The first-order chi connectivity index (χ1) is 13.4. The maximum Gasteiger partial charge on any atom is 0.138 e. The van der Waals surface area contributed by atoms with Crippen LogP contribution in [-0.4, -0.2) is 52.8 Å². The topological polar surface area (TPSA) is 96.1 Å². The van der Waals surface area contributed by atoms with Crippen LogP contribution in [0.2, 0.25) is 0 Å². The van der Waals surface area contributed by atoms with Gasteiger partial charge >= 0.3 is 0 Å². The van der Waals surface area contributed by atoms with E-state index in [0.717, 1.165) is 29.9 Å². The molecule has 0 amide bonds. The van der Waals surface area contributed by atoms with Crippen LogP contribution in [-0.2, 0) is 0 Å². The van der Waals surface area contributed by atoms with Crippen LogP contribution < -0.4 is 10.2 Å². The predicted molar refractivity (Wildman–Crippen MR) is 115 cm³/mol. The molecule has 2 aliphatic rings. The van der Waals surface area contributed by atoms with E-state index in [1.165, 1.54) is 32.1 Å². The molecule has 0 aromatic carbocycles. The minimum Gasteiger partial charge on any atom is -0.390 e. The second kappa shape index (κ2) is 9.43. The highest BCUT2D eigenvalue weighted by Gasteiger charge is 2.31. The predicted octanol–water partition coefficient (Wildman–Crippen LogP) is 3.22. The molecular formula is C22H33N5O.